The molecule has 1 heterocycles. The molecule has 0 bridgehead atoms. The van der Waals surface area contributed by atoms with Crippen molar-refractivity contribution in [2.45, 2.75) is 0 Å². The van der Waals surface area contributed by atoms with Crippen LogP contribution in [0.5, 0.6) is 0 Å². The van der Waals surface area contributed by atoms with Gasteiger partial charge in [-0.25, -0.2) is 4.98 Å². The minimum atomic E-state index is -0.440. The largest absolute Gasteiger partial charge is 0.270 e. The van der Waals surface area contributed by atoms with Gasteiger partial charge in [0, 0.05) is 47.5 Å². The van der Waals surface area contributed by atoms with Crippen LogP contribution in [0.2, 0.25) is 0 Å². The van der Waals surface area contributed by atoms with Crippen LogP contribution in [0.25, 0.3) is 21.8 Å². The number of non-ortho nitro benzene ring substituents is 2. The van der Waals surface area contributed by atoms with Gasteiger partial charge in [-0.2, -0.15) is 0 Å². The number of pyridine rings is 1. The highest BCUT2D eigenvalue weighted by molar-refractivity contribution is 5.95. The molecule has 0 saturated heterocycles. The molecule has 5 rings (SSSR count). The van der Waals surface area contributed by atoms with Crippen molar-refractivity contribution in [1.82, 2.24) is 4.98 Å². The summed E-state index contributed by atoms with van der Waals surface area (Å²) in [5.41, 5.74) is 4.10. The SMILES string of the molecule is O=[N+]([O-])c1cccc(C=Nc2ccc3cc4ccc(N=Cc5cccc([N+](=O)[O-])c5)cc4nc3c2)c1. The number of rotatable bonds is 6. The van der Waals surface area contributed by atoms with Crippen LogP contribution in [-0.2, 0) is 0 Å². The Morgan fingerprint density at radius 3 is 1.53 bits per heavy atom. The molecule has 0 radical (unpaired) electrons. The van der Waals surface area contributed by atoms with Gasteiger partial charge in [0.25, 0.3) is 11.4 Å². The van der Waals surface area contributed by atoms with Gasteiger partial charge in [0.1, 0.15) is 0 Å². The number of hydrogen-bond acceptors (Lipinski definition) is 7. The third-order valence-electron chi connectivity index (χ3n) is 5.47. The average Bonchev–Trinajstić information content (AvgIpc) is 2.89. The lowest BCUT2D eigenvalue weighted by atomic mass is 10.1. The molecule has 9 nitrogen and oxygen atoms in total. The first-order valence-electron chi connectivity index (χ1n) is 10.9. The predicted molar refractivity (Wildman–Crippen MR) is 140 cm³/mol. The number of fused-ring (bicyclic) bond motifs is 2. The molecule has 0 unspecified atom stereocenters. The van der Waals surface area contributed by atoms with Crippen molar-refractivity contribution in [3.8, 4) is 0 Å². The maximum absolute atomic E-state index is 11.0. The normalized spacial score (nSPS) is 11.6. The molecule has 1 aromatic heterocycles. The molecule has 4 aromatic carbocycles. The first-order valence-corrected chi connectivity index (χ1v) is 10.9. The van der Waals surface area contributed by atoms with E-state index in [1.807, 2.05) is 42.5 Å². The summed E-state index contributed by atoms with van der Waals surface area (Å²) in [7, 11) is 0. The molecule has 0 spiro atoms. The lowest BCUT2D eigenvalue weighted by Crippen LogP contribution is -1.89. The van der Waals surface area contributed by atoms with Crippen molar-refractivity contribution < 1.29 is 9.85 Å². The molecule has 0 saturated carbocycles. The Balaban J connectivity index is 1.43. The van der Waals surface area contributed by atoms with Crippen molar-refractivity contribution in [1.29, 1.82) is 0 Å². The second kappa shape index (κ2) is 9.51. The highest BCUT2D eigenvalue weighted by Crippen LogP contribution is 2.27. The third-order valence-corrected chi connectivity index (χ3v) is 5.47. The smallest absolute Gasteiger partial charge is 0.258 e. The molecule has 174 valence electrons. The van der Waals surface area contributed by atoms with Gasteiger partial charge in [0.15, 0.2) is 0 Å². The molecule has 0 amide bonds. The van der Waals surface area contributed by atoms with Crippen LogP contribution in [0, 0.1) is 20.2 Å². The van der Waals surface area contributed by atoms with Crippen LogP contribution >= 0.6 is 0 Å². The number of nitrogens with zero attached hydrogens (tertiary/aromatic N) is 5. The van der Waals surface area contributed by atoms with Gasteiger partial charge in [0.05, 0.1) is 32.3 Å². The summed E-state index contributed by atoms with van der Waals surface area (Å²) in [5, 5.41) is 23.8. The Labute approximate surface area is 204 Å². The molecular weight excluding hydrogens is 458 g/mol. The second-order valence-electron chi connectivity index (χ2n) is 7.96. The quantitative estimate of drug-likeness (QED) is 0.117. The Morgan fingerprint density at radius 2 is 1.08 bits per heavy atom. The number of aliphatic imine (C=N–C) groups is 2. The van der Waals surface area contributed by atoms with E-state index in [0.29, 0.717) is 22.5 Å². The highest BCUT2D eigenvalue weighted by atomic mass is 16.6. The van der Waals surface area contributed by atoms with Crippen molar-refractivity contribution in [2.24, 2.45) is 9.98 Å². The summed E-state index contributed by atoms with van der Waals surface area (Å²) in [6.45, 7) is 0. The first-order chi connectivity index (χ1) is 17.4. The topological polar surface area (TPSA) is 124 Å². The van der Waals surface area contributed by atoms with Gasteiger partial charge in [0.2, 0.25) is 0 Å². The first kappa shape index (κ1) is 22.5. The van der Waals surface area contributed by atoms with Crippen LogP contribution in [0.15, 0.2) is 101 Å². The molecule has 0 aliphatic rings. The van der Waals surface area contributed by atoms with Crippen LogP contribution < -0.4 is 0 Å². The zero-order chi connectivity index (χ0) is 25.1. The lowest BCUT2D eigenvalue weighted by molar-refractivity contribution is -0.385. The molecule has 0 N–H and O–H groups in total. The molecule has 0 aliphatic heterocycles. The van der Waals surface area contributed by atoms with Crippen molar-refractivity contribution in [2.75, 3.05) is 0 Å². The maximum atomic E-state index is 11.0. The van der Waals surface area contributed by atoms with Gasteiger partial charge >= 0.3 is 0 Å². The number of aromatic nitrogens is 1. The minimum Gasteiger partial charge on any atom is -0.258 e. The molecule has 0 atom stereocenters. The van der Waals surface area contributed by atoms with Gasteiger partial charge in [-0.3, -0.25) is 30.2 Å². The fraction of sp³-hybridized carbons (Fsp3) is 0. The fourth-order valence-corrected chi connectivity index (χ4v) is 3.70. The summed E-state index contributed by atoms with van der Waals surface area (Å²) in [6.07, 6.45) is 3.16. The van der Waals surface area contributed by atoms with Crippen molar-refractivity contribution >= 4 is 57.0 Å². The van der Waals surface area contributed by atoms with E-state index in [9.17, 15) is 20.2 Å². The van der Waals surface area contributed by atoms with Crippen LogP contribution in [-0.4, -0.2) is 27.3 Å². The van der Waals surface area contributed by atoms with E-state index in [2.05, 4.69) is 9.98 Å². The molecular formula is C27H17N5O4. The van der Waals surface area contributed by atoms with E-state index < -0.39 is 9.85 Å². The van der Waals surface area contributed by atoms with Gasteiger partial charge in [-0.1, -0.05) is 36.4 Å². The number of benzene rings is 4. The van der Waals surface area contributed by atoms with E-state index >= 15 is 0 Å². The number of hydrogen-bond donors (Lipinski definition) is 0. The number of nitro benzene ring substituents is 2. The molecule has 5 aromatic rings. The predicted octanol–water partition coefficient (Wildman–Crippen LogP) is 6.71. The monoisotopic (exact) mass is 475 g/mol. The second-order valence-corrected chi connectivity index (χ2v) is 7.96. The molecule has 0 fully saturated rings. The van der Waals surface area contributed by atoms with Gasteiger partial charge in [-0.15, -0.1) is 0 Å². The Hall–Kier alpha value is -5.31. The van der Waals surface area contributed by atoms with Crippen LogP contribution in [0.1, 0.15) is 11.1 Å². The Bertz CT molecular complexity index is 1590. The van der Waals surface area contributed by atoms with E-state index in [4.69, 9.17) is 4.98 Å². The van der Waals surface area contributed by atoms with Crippen molar-refractivity contribution in [3.05, 3.63) is 122 Å². The maximum Gasteiger partial charge on any atom is 0.270 e. The Kier molecular flexibility index (Phi) is 5.94. The number of nitro groups is 2. The van der Waals surface area contributed by atoms with E-state index in [1.54, 1.807) is 36.7 Å². The zero-order valence-electron chi connectivity index (χ0n) is 18.7. The fourth-order valence-electron chi connectivity index (χ4n) is 3.70. The lowest BCUT2D eigenvalue weighted by Gasteiger charge is -2.04. The summed E-state index contributed by atoms with van der Waals surface area (Å²) < 4.78 is 0. The van der Waals surface area contributed by atoms with E-state index in [0.717, 1.165) is 21.8 Å². The molecule has 9 heteroatoms. The van der Waals surface area contributed by atoms with E-state index in [1.165, 1.54) is 24.3 Å². The van der Waals surface area contributed by atoms with Gasteiger partial charge < -0.3 is 0 Å². The Morgan fingerprint density at radius 1 is 0.611 bits per heavy atom. The molecule has 36 heavy (non-hydrogen) atoms. The average molecular weight is 475 g/mol. The molecule has 0 aliphatic carbocycles. The standard InChI is InChI=1S/C27H17N5O4/c33-31(34)24-5-1-3-18(11-24)16-28-22-9-7-20-13-21-8-10-23(15-27(21)30-26(20)14-22)29-17-19-4-2-6-25(12-19)32(35)36/h1-17H. The van der Waals surface area contributed by atoms with Crippen LogP contribution in [0.4, 0.5) is 22.7 Å². The summed E-state index contributed by atoms with van der Waals surface area (Å²) in [6, 6.07) is 25.8. The van der Waals surface area contributed by atoms with Crippen molar-refractivity contribution in [3.63, 3.8) is 0 Å². The van der Waals surface area contributed by atoms with E-state index in [-0.39, 0.29) is 11.4 Å². The highest BCUT2D eigenvalue weighted by Gasteiger charge is 2.06. The van der Waals surface area contributed by atoms with Gasteiger partial charge in [-0.05, 0) is 41.5 Å². The minimum absolute atomic E-state index is 0.00884. The zero-order valence-corrected chi connectivity index (χ0v) is 18.7. The summed E-state index contributed by atoms with van der Waals surface area (Å²) in [5.74, 6) is 0. The summed E-state index contributed by atoms with van der Waals surface area (Å²) in [4.78, 5) is 34.7. The van der Waals surface area contributed by atoms with Crippen LogP contribution in [0.3, 0.4) is 0 Å². The third kappa shape index (κ3) is 4.95. The summed E-state index contributed by atoms with van der Waals surface area (Å²) >= 11 is 0.